The van der Waals surface area contributed by atoms with Gasteiger partial charge in [-0.3, -0.25) is 4.79 Å². The number of rotatable bonds is 6. The lowest BCUT2D eigenvalue weighted by atomic mass is 10.2. The molecule has 9 heteroatoms. The van der Waals surface area contributed by atoms with Crippen molar-refractivity contribution in [2.45, 2.75) is 24.8 Å². The number of ether oxygens (including phenoxy) is 1. The molecule has 0 atom stereocenters. The van der Waals surface area contributed by atoms with E-state index in [1.165, 1.54) is 18.1 Å². The third kappa shape index (κ3) is 3.40. The molecule has 28 heavy (non-hydrogen) atoms. The number of hydrogen-bond acceptors (Lipinski definition) is 7. The first-order valence-electron chi connectivity index (χ1n) is 8.79. The lowest BCUT2D eigenvalue weighted by Crippen LogP contribution is -2.06. The highest BCUT2D eigenvalue weighted by molar-refractivity contribution is 7.98. The number of benzene rings is 1. The monoisotopic (exact) mass is 397 g/mol. The Kier molecular flexibility index (Phi) is 4.91. The molecule has 144 valence electrons. The van der Waals surface area contributed by atoms with E-state index in [1.807, 2.05) is 45.2 Å². The van der Waals surface area contributed by atoms with Crippen LogP contribution < -0.4 is 10.3 Å². The minimum absolute atomic E-state index is 0.247. The molecule has 1 aromatic carbocycles. The van der Waals surface area contributed by atoms with Gasteiger partial charge in [-0.25, -0.2) is 15.0 Å². The van der Waals surface area contributed by atoms with Gasteiger partial charge in [-0.15, -0.1) is 0 Å². The van der Waals surface area contributed by atoms with Crippen LogP contribution in [0.1, 0.15) is 18.4 Å². The molecular weight excluding hydrogens is 378 g/mol. The molecule has 4 rings (SSSR count). The summed E-state index contributed by atoms with van der Waals surface area (Å²) in [6.07, 6.45) is 1.38. The highest BCUT2D eigenvalue weighted by Gasteiger charge is 2.16. The zero-order chi connectivity index (χ0) is 19.7. The molecule has 0 aliphatic rings. The summed E-state index contributed by atoms with van der Waals surface area (Å²) in [5.41, 5.74) is 2.37. The Hall–Kier alpha value is -3.07. The first-order valence-corrected chi connectivity index (χ1v) is 9.77. The Balaban J connectivity index is 1.54. The molecule has 0 amide bonds. The molecule has 0 spiro atoms. The molecule has 3 heterocycles. The quantitative estimate of drug-likeness (QED) is 0.498. The molecule has 0 aliphatic carbocycles. The molecule has 0 bridgehead atoms. The van der Waals surface area contributed by atoms with Gasteiger partial charge in [-0.2, -0.15) is 0 Å². The van der Waals surface area contributed by atoms with Gasteiger partial charge in [0.05, 0.1) is 18.6 Å². The van der Waals surface area contributed by atoms with Crippen LogP contribution in [0.5, 0.6) is 5.75 Å². The Bertz CT molecular complexity index is 1180. The summed E-state index contributed by atoms with van der Waals surface area (Å²) in [4.78, 5) is 27.6. The fourth-order valence-corrected chi connectivity index (χ4v) is 3.77. The summed E-state index contributed by atoms with van der Waals surface area (Å²) in [6, 6.07) is 7.65. The van der Waals surface area contributed by atoms with E-state index >= 15 is 0 Å². The summed E-state index contributed by atoms with van der Waals surface area (Å²) in [6.45, 7) is 4.47. The lowest BCUT2D eigenvalue weighted by Gasteiger charge is -2.02. The number of nitrogens with zero attached hydrogens (tertiary/aromatic N) is 4. The van der Waals surface area contributed by atoms with E-state index in [9.17, 15) is 4.79 Å². The van der Waals surface area contributed by atoms with E-state index in [4.69, 9.17) is 9.15 Å². The van der Waals surface area contributed by atoms with Crippen molar-refractivity contribution in [3.8, 4) is 17.2 Å². The number of thioether (sulfide) groups is 1. The minimum atomic E-state index is -0.247. The number of aryl methyl sites for hydroxylation is 2. The van der Waals surface area contributed by atoms with E-state index < -0.39 is 0 Å². The highest BCUT2D eigenvalue weighted by Crippen LogP contribution is 2.28. The number of H-pyrrole nitrogens is 1. The van der Waals surface area contributed by atoms with E-state index in [0.29, 0.717) is 34.6 Å². The van der Waals surface area contributed by atoms with Crippen LogP contribution in [0.25, 0.3) is 22.6 Å². The standard InChI is InChI=1S/C19H19N5O3S/c1-4-26-13-7-5-12(6-8-13)18-22-14(11(2)27-18)9-28-19-23-15-16(24(19)3)20-10-21-17(15)25/h5-8,10H,4,9H2,1-3H3,(H,20,21,25). The smallest absolute Gasteiger partial charge is 0.278 e. The number of oxazole rings is 1. The number of aromatic amines is 1. The van der Waals surface area contributed by atoms with Crippen LogP contribution >= 0.6 is 11.8 Å². The van der Waals surface area contributed by atoms with Crippen molar-refractivity contribution in [3.05, 3.63) is 52.4 Å². The molecule has 0 fully saturated rings. The fourth-order valence-electron chi connectivity index (χ4n) is 2.80. The van der Waals surface area contributed by atoms with E-state index in [2.05, 4.69) is 19.9 Å². The van der Waals surface area contributed by atoms with Gasteiger partial charge in [0.15, 0.2) is 16.3 Å². The van der Waals surface area contributed by atoms with Crippen molar-refractivity contribution in [1.82, 2.24) is 24.5 Å². The normalized spacial score (nSPS) is 11.2. The minimum Gasteiger partial charge on any atom is -0.494 e. The lowest BCUT2D eigenvalue weighted by molar-refractivity contribution is 0.340. The highest BCUT2D eigenvalue weighted by atomic mass is 32.2. The van der Waals surface area contributed by atoms with Crippen LogP contribution in [-0.4, -0.2) is 31.1 Å². The summed E-state index contributed by atoms with van der Waals surface area (Å²) < 4.78 is 13.1. The summed E-state index contributed by atoms with van der Waals surface area (Å²) in [5.74, 6) is 2.71. The molecule has 0 aliphatic heterocycles. The third-order valence-corrected chi connectivity index (χ3v) is 5.31. The SMILES string of the molecule is CCOc1ccc(-c2nc(CSc3nc4c(=O)[nH]cnc4n3C)c(C)o2)cc1. The Morgan fingerprint density at radius 1 is 1.25 bits per heavy atom. The van der Waals surface area contributed by atoms with Gasteiger partial charge in [0.25, 0.3) is 5.56 Å². The predicted octanol–water partition coefficient (Wildman–Crippen LogP) is 3.31. The zero-order valence-corrected chi connectivity index (χ0v) is 16.5. The molecule has 0 saturated carbocycles. The average molecular weight is 397 g/mol. The number of nitrogens with one attached hydrogen (secondary N) is 1. The summed E-state index contributed by atoms with van der Waals surface area (Å²) >= 11 is 1.48. The maximum absolute atomic E-state index is 11.9. The van der Waals surface area contributed by atoms with E-state index in [1.54, 1.807) is 4.57 Å². The van der Waals surface area contributed by atoms with Gasteiger partial charge < -0.3 is 18.7 Å². The van der Waals surface area contributed by atoms with Crippen molar-refractivity contribution < 1.29 is 9.15 Å². The fraction of sp³-hybridized carbons (Fsp3) is 0.263. The van der Waals surface area contributed by atoms with Gasteiger partial charge >= 0.3 is 0 Å². The van der Waals surface area contributed by atoms with E-state index in [-0.39, 0.29) is 5.56 Å². The molecule has 4 aromatic rings. The van der Waals surface area contributed by atoms with Crippen LogP contribution in [0, 0.1) is 6.92 Å². The first-order chi connectivity index (χ1) is 13.6. The van der Waals surface area contributed by atoms with Gasteiger partial charge in [-0.05, 0) is 38.1 Å². The van der Waals surface area contributed by atoms with Gasteiger partial charge in [0.2, 0.25) is 5.89 Å². The van der Waals surface area contributed by atoms with Crippen molar-refractivity contribution in [3.63, 3.8) is 0 Å². The number of imidazole rings is 1. The number of hydrogen-bond donors (Lipinski definition) is 1. The molecule has 3 aromatic heterocycles. The Morgan fingerprint density at radius 2 is 2.04 bits per heavy atom. The molecular formula is C19H19N5O3S. The first kappa shape index (κ1) is 18.3. The summed E-state index contributed by atoms with van der Waals surface area (Å²) in [7, 11) is 1.84. The zero-order valence-electron chi connectivity index (χ0n) is 15.7. The van der Waals surface area contributed by atoms with Crippen molar-refractivity contribution in [1.29, 1.82) is 0 Å². The van der Waals surface area contributed by atoms with Gasteiger partial charge in [0.1, 0.15) is 11.5 Å². The van der Waals surface area contributed by atoms with Gasteiger partial charge in [-0.1, -0.05) is 11.8 Å². The van der Waals surface area contributed by atoms with Crippen LogP contribution in [0.4, 0.5) is 0 Å². The second-order valence-corrected chi connectivity index (χ2v) is 7.07. The predicted molar refractivity (Wildman–Crippen MR) is 107 cm³/mol. The largest absolute Gasteiger partial charge is 0.494 e. The third-order valence-electron chi connectivity index (χ3n) is 4.26. The Labute approximate surface area is 165 Å². The van der Waals surface area contributed by atoms with Gasteiger partial charge in [0, 0.05) is 18.4 Å². The molecule has 8 nitrogen and oxygen atoms in total. The van der Waals surface area contributed by atoms with Crippen molar-refractivity contribution in [2.75, 3.05) is 6.61 Å². The van der Waals surface area contributed by atoms with Crippen LogP contribution in [0.2, 0.25) is 0 Å². The molecule has 0 unspecified atom stereocenters. The number of fused-ring (bicyclic) bond motifs is 1. The average Bonchev–Trinajstić information content (AvgIpc) is 3.22. The summed E-state index contributed by atoms with van der Waals surface area (Å²) in [5, 5.41) is 0.698. The Morgan fingerprint density at radius 3 is 2.75 bits per heavy atom. The van der Waals surface area contributed by atoms with Crippen molar-refractivity contribution in [2.24, 2.45) is 7.05 Å². The maximum Gasteiger partial charge on any atom is 0.278 e. The van der Waals surface area contributed by atoms with Crippen molar-refractivity contribution >= 4 is 22.9 Å². The maximum atomic E-state index is 11.9. The number of aromatic nitrogens is 5. The van der Waals surface area contributed by atoms with Crippen LogP contribution in [0.3, 0.4) is 0 Å². The second kappa shape index (κ2) is 7.51. The molecule has 1 N–H and O–H groups in total. The second-order valence-electron chi connectivity index (χ2n) is 6.13. The molecule has 0 radical (unpaired) electrons. The van der Waals surface area contributed by atoms with Crippen LogP contribution in [-0.2, 0) is 12.8 Å². The van der Waals surface area contributed by atoms with Crippen LogP contribution in [0.15, 0.2) is 45.0 Å². The topological polar surface area (TPSA) is 98.8 Å². The molecule has 0 saturated heterocycles. The van der Waals surface area contributed by atoms with E-state index in [0.717, 1.165) is 22.8 Å².